The molecule has 0 fully saturated rings. The lowest BCUT2D eigenvalue weighted by molar-refractivity contribution is -0.132. The lowest BCUT2D eigenvalue weighted by atomic mass is 10.0. The van der Waals surface area contributed by atoms with Crippen molar-refractivity contribution in [1.29, 1.82) is 0 Å². The van der Waals surface area contributed by atoms with Gasteiger partial charge in [-0.3, -0.25) is 10.1 Å². The number of hydrogen-bond acceptors (Lipinski definition) is 7. The maximum absolute atomic E-state index is 12.5. The number of nitrogens with zero attached hydrogens (tertiary/aromatic N) is 3. The average Bonchev–Trinajstić information content (AvgIpc) is 2.80. The van der Waals surface area contributed by atoms with Crippen LogP contribution in [0, 0.1) is 0 Å². The minimum atomic E-state index is -0.502. The van der Waals surface area contributed by atoms with Gasteiger partial charge in [0.05, 0.1) is 26.5 Å². The maximum Gasteiger partial charge on any atom is 0.411 e. The number of hydrazone groups is 1. The first-order valence-electron chi connectivity index (χ1n) is 11.1. The topological polar surface area (TPSA) is 92.7 Å². The van der Waals surface area contributed by atoms with Gasteiger partial charge in [0.1, 0.15) is 6.10 Å². The van der Waals surface area contributed by atoms with Crippen molar-refractivity contribution in [3.8, 4) is 11.5 Å². The van der Waals surface area contributed by atoms with E-state index in [4.69, 9.17) is 14.2 Å². The standard InChI is InChI=1S/C25H32N4O5/c1-17(15-28(2)3)34-25(31)26-20-9-6-18(7-10-20)16-29-24(30)13-11-21(27-29)19-8-12-22(32-4)23(14-19)33-5/h6-10,12,14,17H,11,13,15-16H2,1-5H3,(H,26,31). The lowest BCUT2D eigenvalue weighted by Gasteiger charge is -2.24. The summed E-state index contributed by atoms with van der Waals surface area (Å²) in [6, 6.07) is 12.9. The molecule has 182 valence electrons. The molecule has 1 aliphatic rings. The molecule has 9 heteroatoms. The lowest BCUT2D eigenvalue weighted by Crippen LogP contribution is -2.31. The summed E-state index contributed by atoms with van der Waals surface area (Å²) in [4.78, 5) is 26.5. The number of carbonyl (C=O) groups is 2. The van der Waals surface area contributed by atoms with Crippen molar-refractivity contribution in [1.82, 2.24) is 9.91 Å². The number of ether oxygens (including phenoxy) is 3. The van der Waals surface area contributed by atoms with Crippen LogP contribution in [-0.2, 0) is 16.1 Å². The number of hydrogen-bond donors (Lipinski definition) is 1. The quantitative estimate of drug-likeness (QED) is 0.603. The van der Waals surface area contributed by atoms with Crippen LogP contribution in [0.1, 0.15) is 30.9 Å². The predicted molar refractivity (Wildman–Crippen MR) is 130 cm³/mol. The number of anilines is 1. The number of rotatable bonds is 9. The van der Waals surface area contributed by atoms with E-state index >= 15 is 0 Å². The second kappa shape index (κ2) is 11.5. The Morgan fingerprint density at radius 2 is 1.79 bits per heavy atom. The third-order valence-electron chi connectivity index (χ3n) is 5.28. The molecular weight excluding hydrogens is 436 g/mol. The van der Waals surface area contributed by atoms with Gasteiger partial charge in [-0.05, 0) is 56.9 Å². The Bertz CT molecular complexity index is 1040. The Labute approximate surface area is 200 Å². The largest absolute Gasteiger partial charge is 0.493 e. The fourth-order valence-electron chi connectivity index (χ4n) is 3.70. The normalized spacial score (nSPS) is 14.5. The molecule has 0 aliphatic carbocycles. The number of nitrogens with one attached hydrogen (secondary N) is 1. The summed E-state index contributed by atoms with van der Waals surface area (Å²) in [7, 11) is 7.02. The van der Waals surface area contributed by atoms with Gasteiger partial charge < -0.3 is 19.1 Å². The van der Waals surface area contributed by atoms with E-state index in [1.807, 2.05) is 56.3 Å². The Kier molecular flexibility index (Phi) is 8.48. The van der Waals surface area contributed by atoms with Gasteiger partial charge in [-0.25, -0.2) is 9.80 Å². The van der Waals surface area contributed by atoms with Crippen molar-refractivity contribution in [2.45, 2.75) is 32.4 Å². The molecule has 1 N–H and O–H groups in total. The van der Waals surface area contributed by atoms with Crippen LogP contribution in [0.15, 0.2) is 47.6 Å². The molecule has 2 aromatic carbocycles. The monoisotopic (exact) mass is 468 g/mol. The molecule has 2 amide bonds. The van der Waals surface area contributed by atoms with Crippen LogP contribution >= 0.6 is 0 Å². The molecule has 0 saturated heterocycles. The fraction of sp³-hybridized carbons (Fsp3) is 0.400. The summed E-state index contributed by atoms with van der Waals surface area (Å²) in [5, 5.41) is 8.80. The van der Waals surface area contributed by atoms with Crippen LogP contribution in [-0.4, -0.2) is 68.6 Å². The smallest absolute Gasteiger partial charge is 0.411 e. The first kappa shape index (κ1) is 25.0. The summed E-state index contributed by atoms with van der Waals surface area (Å²) in [5.74, 6) is 1.22. The summed E-state index contributed by atoms with van der Waals surface area (Å²) in [6.07, 6.45) is 0.209. The molecule has 0 spiro atoms. The molecule has 3 rings (SSSR count). The number of likely N-dealkylation sites (N-methyl/N-ethyl adjacent to an activating group) is 1. The van der Waals surface area contributed by atoms with E-state index < -0.39 is 6.09 Å². The molecular formula is C25H32N4O5. The Morgan fingerprint density at radius 1 is 1.09 bits per heavy atom. The SMILES string of the molecule is COc1ccc(C2=NN(Cc3ccc(NC(=O)OC(C)CN(C)C)cc3)C(=O)CC2)cc1OC. The third kappa shape index (κ3) is 6.71. The molecule has 1 aliphatic heterocycles. The van der Waals surface area contributed by atoms with Crippen molar-refractivity contribution < 1.29 is 23.8 Å². The van der Waals surface area contributed by atoms with Gasteiger partial charge in [0, 0.05) is 30.6 Å². The molecule has 0 saturated carbocycles. The second-order valence-corrected chi connectivity index (χ2v) is 8.37. The minimum Gasteiger partial charge on any atom is -0.493 e. The van der Waals surface area contributed by atoms with E-state index in [9.17, 15) is 9.59 Å². The molecule has 1 atom stereocenters. The Morgan fingerprint density at radius 3 is 2.44 bits per heavy atom. The van der Waals surface area contributed by atoms with Gasteiger partial charge in [0.25, 0.3) is 0 Å². The van der Waals surface area contributed by atoms with Crippen molar-refractivity contribution in [3.05, 3.63) is 53.6 Å². The van der Waals surface area contributed by atoms with Gasteiger partial charge in [-0.15, -0.1) is 0 Å². The minimum absolute atomic E-state index is 0.0371. The average molecular weight is 469 g/mol. The van der Waals surface area contributed by atoms with E-state index in [0.29, 0.717) is 43.1 Å². The molecule has 0 radical (unpaired) electrons. The second-order valence-electron chi connectivity index (χ2n) is 8.37. The molecule has 0 bridgehead atoms. The summed E-state index contributed by atoms with van der Waals surface area (Å²) in [6.45, 7) is 2.82. The van der Waals surface area contributed by atoms with Crippen molar-refractivity contribution in [2.75, 3.05) is 40.2 Å². The summed E-state index contributed by atoms with van der Waals surface area (Å²) >= 11 is 0. The Balaban J connectivity index is 1.65. The molecule has 2 aromatic rings. The number of amides is 2. The molecule has 1 unspecified atom stereocenters. The number of methoxy groups -OCH3 is 2. The highest BCUT2D eigenvalue weighted by Crippen LogP contribution is 2.29. The van der Waals surface area contributed by atoms with E-state index in [2.05, 4.69) is 10.4 Å². The maximum atomic E-state index is 12.5. The zero-order chi connectivity index (χ0) is 24.7. The zero-order valence-corrected chi connectivity index (χ0v) is 20.3. The summed E-state index contributed by atoms with van der Waals surface area (Å²) in [5.41, 5.74) is 3.21. The zero-order valence-electron chi connectivity index (χ0n) is 20.3. The van der Waals surface area contributed by atoms with Crippen molar-refractivity contribution >= 4 is 23.4 Å². The first-order chi connectivity index (χ1) is 16.3. The van der Waals surface area contributed by atoms with Crippen LogP contribution in [0.5, 0.6) is 11.5 Å². The van der Waals surface area contributed by atoms with Crippen LogP contribution in [0.25, 0.3) is 0 Å². The molecule has 1 heterocycles. The van der Waals surface area contributed by atoms with Crippen LogP contribution in [0.4, 0.5) is 10.5 Å². The van der Waals surface area contributed by atoms with Gasteiger partial charge in [0.15, 0.2) is 11.5 Å². The van der Waals surface area contributed by atoms with Crippen LogP contribution in [0.2, 0.25) is 0 Å². The Hall–Kier alpha value is -3.59. The number of carbonyl (C=O) groups excluding carboxylic acids is 2. The van der Waals surface area contributed by atoms with Crippen molar-refractivity contribution in [3.63, 3.8) is 0 Å². The highest BCUT2D eigenvalue weighted by atomic mass is 16.6. The fourth-order valence-corrected chi connectivity index (χ4v) is 3.70. The summed E-state index contributed by atoms with van der Waals surface area (Å²) < 4.78 is 16.0. The molecule has 34 heavy (non-hydrogen) atoms. The van der Waals surface area contributed by atoms with E-state index in [0.717, 1.165) is 16.8 Å². The van der Waals surface area contributed by atoms with Gasteiger partial charge in [0.2, 0.25) is 5.91 Å². The van der Waals surface area contributed by atoms with Gasteiger partial charge >= 0.3 is 6.09 Å². The van der Waals surface area contributed by atoms with Crippen LogP contribution in [0.3, 0.4) is 0 Å². The van der Waals surface area contributed by atoms with Gasteiger partial charge in [-0.2, -0.15) is 5.10 Å². The van der Waals surface area contributed by atoms with E-state index in [-0.39, 0.29) is 12.0 Å². The molecule has 9 nitrogen and oxygen atoms in total. The number of benzene rings is 2. The van der Waals surface area contributed by atoms with E-state index in [1.165, 1.54) is 5.01 Å². The first-order valence-corrected chi connectivity index (χ1v) is 11.1. The predicted octanol–water partition coefficient (Wildman–Crippen LogP) is 3.73. The van der Waals surface area contributed by atoms with E-state index in [1.54, 1.807) is 26.4 Å². The van der Waals surface area contributed by atoms with Crippen LogP contribution < -0.4 is 14.8 Å². The highest BCUT2D eigenvalue weighted by molar-refractivity contribution is 6.04. The molecule has 0 aromatic heterocycles. The van der Waals surface area contributed by atoms with Gasteiger partial charge in [-0.1, -0.05) is 12.1 Å². The van der Waals surface area contributed by atoms with Crippen molar-refractivity contribution in [2.24, 2.45) is 5.10 Å². The third-order valence-corrected chi connectivity index (χ3v) is 5.28. The highest BCUT2D eigenvalue weighted by Gasteiger charge is 2.22.